The molecule has 0 aliphatic rings. The number of amides is 1. The van der Waals surface area contributed by atoms with Crippen molar-refractivity contribution in [1.29, 1.82) is 0 Å². The van der Waals surface area contributed by atoms with Crippen LogP contribution in [0.5, 0.6) is 11.5 Å². The lowest BCUT2D eigenvalue weighted by atomic mass is 10.1. The van der Waals surface area contributed by atoms with Gasteiger partial charge < -0.3 is 14.8 Å². The van der Waals surface area contributed by atoms with E-state index in [0.717, 1.165) is 16.7 Å². The summed E-state index contributed by atoms with van der Waals surface area (Å²) in [6, 6.07) is 7.17. The largest absolute Gasteiger partial charge is 0.493 e. The Morgan fingerprint density at radius 2 is 2.00 bits per heavy atom. The Bertz CT molecular complexity index is 921. The molecule has 26 heavy (non-hydrogen) atoms. The molecule has 3 rings (SSSR count). The molecule has 0 unspecified atom stereocenters. The number of hydrogen-bond acceptors (Lipinski definition) is 5. The average Bonchev–Trinajstić information content (AvgIpc) is 3.12. The Morgan fingerprint density at radius 3 is 2.69 bits per heavy atom. The molecule has 0 aliphatic heterocycles. The predicted molar refractivity (Wildman–Crippen MR) is 97.2 cm³/mol. The molecule has 0 bridgehead atoms. The van der Waals surface area contributed by atoms with E-state index in [2.05, 4.69) is 15.4 Å². The number of pyridine rings is 1. The van der Waals surface area contributed by atoms with Crippen LogP contribution in [0.25, 0.3) is 11.1 Å². The first-order valence-electron chi connectivity index (χ1n) is 8.04. The highest BCUT2D eigenvalue weighted by Crippen LogP contribution is 2.30. The Labute approximate surface area is 151 Å². The highest BCUT2D eigenvalue weighted by Gasteiger charge is 2.16. The van der Waals surface area contributed by atoms with E-state index >= 15 is 0 Å². The minimum absolute atomic E-state index is 0.243. The van der Waals surface area contributed by atoms with Gasteiger partial charge in [0.15, 0.2) is 11.5 Å². The Balaban J connectivity index is 1.74. The van der Waals surface area contributed by atoms with E-state index in [1.807, 2.05) is 19.3 Å². The molecule has 1 amide bonds. The standard InChI is InChI=1S/C19H20N4O3/c1-23-12-15(11-22-23)14-7-13(8-20-10-14)9-21-19(24)16-5-4-6-17(25-2)18(16)26-3/h4-8,10-12H,9H2,1-3H3,(H,21,24). The minimum Gasteiger partial charge on any atom is -0.493 e. The summed E-state index contributed by atoms with van der Waals surface area (Å²) >= 11 is 0. The summed E-state index contributed by atoms with van der Waals surface area (Å²) in [6.07, 6.45) is 7.19. The van der Waals surface area contributed by atoms with Gasteiger partial charge in [0.2, 0.25) is 0 Å². The molecule has 0 atom stereocenters. The molecule has 0 radical (unpaired) electrons. The van der Waals surface area contributed by atoms with E-state index in [4.69, 9.17) is 9.47 Å². The van der Waals surface area contributed by atoms with Crippen molar-refractivity contribution in [2.75, 3.05) is 14.2 Å². The third kappa shape index (κ3) is 3.66. The molecule has 0 aliphatic carbocycles. The minimum atomic E-state index is -0.243. The molecule has 0 saturated carbocycles. The van der Waals surface area contributed by atoms with E-state index in [9.17, 15) is 4.79 Å². The van der Waals surface area contributed by atoms with Crippen LogP contribution in [0.1, 0.15) is 15.9 Å². The molecule has 2 aromatic heterocycles. The number of carbonyl (C=O) groups is 1. The van der Waals surface area contributed by atoms with Crippen molar-refractivity contribution < 1.29 is 14.3 Å². The quantitative estimate of drug-likeness (QED) is 0.737. The van der Waals surface area contributed by atoms with Gasteiger partial charge in [-0.25, -0.2) is 0 Å². The van der Waals surface area contributed by atoms with Crippen molar-refractivity contribution in [1.82, 2.24) is 20.1 Å². The number of hydrogen-bond donors (Lipinski definition) is 1. The van der Waals surface area contributed by atoms with Crippen molar-refractivity contribution in [3.05, 3.63) is 60.2 Å². The number of methoxy groups -OCH3 is 2. The number of nitrogens with one attached hydrogen (secondary N) is 1. The van der Waals surface area contributed by atoms with E-state index in [-0.39, 0.29) is 5.91 Å². The summed E-state index contributed by atoms with van der Waals surface area (Å²) < 4.78 is 12.3. The summed E-state index contributed by atoms with van der Waals surface area (Å²) in [7, 11) is 4.91. The van der Waals surface area contributed by atoms with Crippen LogP contribution in [0, 0.1) is 0 Å². The monoisotopic (exact) mass is 352 g/mol. The maximum atomic E-state index is 12.5. The van der Waals surface area contributed by atoms with Crippen LogP contribution in [0.3, 0.4) is 0 Å². The van der Waals surface area contributed by atoms with Crippen molar-refractivity contribution >= 4 is 5.91 Å². The molecular weight excluding hydrogens is 332 g/mol. The topological polar surface area (TPSA) is 78.3 Å². The zero-order chi connectivity index (χ0) is 18.5. The first kappa shape index (κ1) is 17.5. The molecule has 7 heteroatoms. The normalized spacial score (nSPS) is 10.4. The first-order valence-corrected chi connectivity index (χ1v) is 8.04. The molecule has 0 fully saturated rings. The molecule has 1 N–H and O–H groups in total. The lowest BCUT2D eigenvalue weighted by Crippen LogP contribution is -2.23. The van der Waals surface area contributed by atoms with Gasteiger partial charge in [0.25, 0.3) is 5.91 Å². The second-order valence-corrected chi connectivity index (χ2v) is 5.71. The summed E-state index contributed by atoms with van der Waals surface area (Å²) in [5.41, 5.74) is 3.23. The number of benzene rings is 1. The maximum Gasteiger partial charge on any atom is 0.255 e. The smallest absolute Gasteiger partial charge is 0.255 e. The number of nitrogens with zero attached hydrogens (tertiary/aromatic N) is 3. The van der Waals surface area contributed by atoms with E-state index in [1.165, 1.54) is 14.2 Å². The molecular formula is C19H20N4O3. The van der Waals surface area contributed by atoms with Crippen molar-refractivity contribution in [2.24, 2.45) is 7.05 Å². The number of ether oxygens (including phenoxy) is 2. The second-order valence-electron chi connectivity index (χ2n) is 5.71. The lowest BCUT2D eigenvalue weighted by Gasteiger charge is -2.12. The third-order valence-electron chi connectivity index (χ3n) is 3.93. The number of para-hydroxylation sites is 1. The zero-order valence-electron chi connectivity index (χ0n) is 14.9. The Morgan fingerprint density at radius 1 is 1.15 bits per heavy atom. The molecule has 0 spiro atoms. The molecule has 7 nitrogen and oxygen atoms in total. The number of aryl methyl sites for hydroxylation is 1. The van der Waals surface area contributed by atoms with Gasteiger partial charge in [0.1, 0.15) is 0 Å². The van der Waals surface area contributed by atoms with Crippen LogP contribution in [-0.2, 0) is 13.6 Å². The third-order valence-corrected chi connectivity index (χ3v) is 3.93. The zero-order valence-corrected chi connectivity index (χ0v) is 14.9. The van der Waals surface area contributed by atoms with Gasteiger partial charge in [-0.3, -0.25) is 14.5 Å². The Kier molecular flexibility index (Phi) is 5.17. The fraction of sp³-hybridized carbons (Fsp3) is 0.211. The highest BCUT2D eigenvalue weighted by atomic mass is 16.5. The van der Waals surface area contributed by atoms with Crippen molar-refractivity contribution in [3.63, 3.8) is 0 Å². The van der Waals surface area contributed by atoms with Gasteiger partial charge in [-0.1, -0.05) is 6.07 Å². The van der Waals surface area contributed by atoms with Crippen LogP contribution in [0.4, 0.5) is 0 Å². The number of aromatic nitrogens is 3. The second kappa shape index (κ2) is 7.69. The van der Waals surface area contributed by atoms with Crippen LogP contribution in [-0.4, -0.2) is 34.9 Å². The summed E-state index contributed by atoms with van der Waals surface area (Å²) in [5.74, 6) is 0.683. The highest BCUT2D eigenvalue weighted by molar-refractivity contribution is 5.97. The van der Waals surface area contributed by atoms with Gasteiger partial charge in [0.05, 0.1) is 26.0 Å². The van der Waals surface area contributed by atoms with Crippen LogP contribution < -0.4 is 14.8 Å². The van der Waals surface area contributed by atoms with Crippen LogP contribution >= 0.6 is 0 Å². The van der Waals surface area contributed by atoms with Gasteiger partial charge >= 0.3 is 0 Å². The average molecular weight is 352 g/mol. The molecule has 2 heterocycles. The van der Waals surface area contributed by atoms with Gasteiger partial charge in [-0.2, -0.15) is 5.10 Å². The van der Waals surface area contributed by atoms with Gasteiger partial charge in [0, 0.05) is 43.3 Å². The van der Waals surface area contributed by atoms with Crippen LogP contribution in [0.15, 0.2) is 49.1 Å². The van der Waals surface area contributed by atoms with E-state index in [1.54, 1.807) is 41.5 Å². The van der Waals surface area contributed by atoms with Crippen molar-refractivity contribution in [2.45, 2.75) is 6.54 Å². The fourth-order valence-corrected chi connectivity index (χ4v) is 2.66. The molecule has 0 saturated heterocycles. The fourth-order valence-electron chi connectivity index (χ4n) is 2.66. The summed E-state index contributed by atoms with van der Waals surface area (Å²) in [5, 5.41) is 7.06. The lowest BCUT2D eigenvalue weighted by molar-refractivity contribution is 0.0947. The van der Waals surface area contributed by atoms with Crippen molar-refractivity contribution in [3.8, 4) is 22.6 Å². The molecule has 134 valence electrons. The van der Waals surface area contributed by atoms with Gasteiger partial charge in [-0.05, 0) is 23.8 Å². The summed E-state index contributed by atoms with van der Waals surface area (Å²) in [4.78, 5) is 16.8. The predicted octanol–water partition coefficient (Wildman–Crippen LogP) is 2.43. The number of rotatable bonds is 6. The molecule has 1 aromatic carbocycles. The van der Waals surface area contributed by atoms with E-state index in [0.29, 0.717) is 23.6 Å². The molecule has 3 aromatic rings. The summed E-state index contributed by atoms with van der Waals surface area (Å²) in [6.45, 7) is 0.348. The van der Waals surface area contributed by atoms with Gasteiger partial charge in [-0.15, -0.1) is 0 Å². The Hall–Kier alpha value is -3.35. The van der Waals surface area contributed by atoms with E-state index < -0.39 is 0 Å². The SMILES string of the molecule is COc1cccc(C(=O)NCc2cncc(-c3cnn(C)c3)c2)c1OC. The first-order chi connectivity index (χ1) is 12.6. The van der Waals surface area contributed by atoms with Crippen LogP contribution in [0.2, 0.25) is 0 Å². The maximum absolute atomic E-state index is 12.5. The number of carbonyl (C=O) groups excluding carboxylic acids is 1.